The molecule has 0 N–H and O–H groups in total. The largest absolute Gasteiger partial charge is 0.452 e. The average molecular weight is 314 g/mol. The number of nitrogens with zero attached hydrogens (tertiary/aromatic N) is 4. The number of benzene rings is 1. The topological polar surface area (TPSA) is 69.9 Å². The van der Waals surface area contributed by atoms with Crippen LogP contribution in [0.5, 0.6) is 0 Å². The highest BCUT2D eigenvalue weighted by atomic mass is 32.1. The number of carbonyl (C=O) groups excluding carboxylic acids is 1. The van der Waals surface area contributed by atoms with Gasteiger partial charge in [0.25, 0.3) is 0 Å². The minimum atomic E-state index is -0.435. The molecule has 3 aromatic rings. The lowest BCUT2D eigenvalue weighted by Crippen LogP contribution is -2.17. The van der Waals surface area contributed by atoms with E-state index in [0.29, 0.717) is 17.8 Å². The van der Waals surface area contributed by atoms with Crippen LogP contribution in [0.1, 0.15) is 27.7 Å². The first-order valence-corrected chi connectivity index (χ1v) is 7.57. The zero-order valence-corrected chi connectivity index (χ0v) is 12.7. The third-order valence-electron chi connectivity index (χ3n) is 3.21. The zero-order valence-electron chi connectivity index (χ0n) is 11.9. The summed E-state index contributed by atoms with van der Waals surface area (Å²) < 4.78 is 11.4. The van der Waals surface area contributed by atoms with E-state index < -0.39 is 6.10 Å². The second-order valence-corrected chi connectivity index (χ2v) is 5.36. The molecule has 0 aliphatic carbocycles. The van der Waals surface area contributed by atoms with Gasteiger partial charge in [-0.25, -0.2) is 14.5 Å². The number of aromatic nitrogens is 4. The lowest BCUT2D eigenvalue weighted by atomic mass is 10.1. The molecule has 6 nitrogen and oxygen atoms in total. The Kier molecular flexibility index (Phi) is 4.24. The van der Waals surface area contributed by atoms with Crippen LogP contribution in [0.4, 0.5) is 0 Å². The fourth-order valence-electron chi connectivity index (χ4n) is 2.06. The lowest BCUT2D eigenvalue weighted by Gasteiger charge is -2.18. The Hall–Kier alpha value is -2.54. The second kappa shape index (κ2) is 6.48. The summed E-state index contributed by atoms with van der Waals surface area (Å²) in [4.78, 5) is 16.3. The summed E-state index contributed by atoms with van der Waals surface area (Å²) in [7, 11) is 0. The highest BCUT2D eigenvalue weighted by molar-refractivity contribution is 7.03. The normalized spacial score (nSPS) is 12.0. The van der Waals surface area contributed by atoms with Crippen LogP contribution in [0, 0.1) is 6.92 Å². The molecule has 2 aromatic heterocycles. The molecule has 7 heteroatoms. The summed E-state index contributed by atoms with van der Waals surface area (Å²) in [6.07, 6.45) is 2.62. The molecule has 0 amide bonds. The fraction of sp³-hybridized carbons (Fsp3) is 0.200. The van der Waals surface area contributed by atoms with Crippen LogP contribution in [0.15, 0.2) is 48.4 Å². The smallest absolute Gasteiger partial charge is 0.341 e. The molecule has 112 valence electrons. The van der Waals surface area contributed by atoms with Crippen molar-refractivity contribution in [2.75, 3.05) is 0 Å². The summed E-state index contributed by atoms with van der Waals surface area (Å²) in [6.45, 7) is 2.20. The lowest BCUT2D eigenvalue weighted by molar-refractivity contribution is 0.0246. The number of ether oxygens (including phenoxy) is 1. The highest BCUT2D eigenvalue weighted by Crippen LogP contribution is 2.22. The standard InChI is InChI=1S/C15H14N4O2S/c1-11-13(8-22-18-11)15(20)21-14(7-19-10-16-9-17-19)12-5-3-2-4-6-12/h2-6,8-10,14H,7H2,1H3/t14-/m0/s1. The Balaban J connectivity index is 1.82. The SMILES string of the molecule is Cc1nscc1C(=O)O[C@@H](Cn1cncn1)c1ccccc1. The van der Waals surface area contributed by atoms with E-state index in [2.05, 4.69) is 14.5 Å². The first-order valence-electron chi connectivity index (χ1n) is 6.73. The van der Waals surface area contributed by atoms with E-state index in [9.17, 15) is 4.79 Å². The van der Waals surface area contributed by atoms with Crippen molar-refractivity contribution in [1.82, 2.24) is 19.1 Å². The summed E-state index contributed by atoms with van der Waals surface area (Å²) in [6, 6.07) is 9.59. The summed E-state index contributed by atoms with van der Waals surface area (Å²) >= 11 is 1.24. The van der Waals surface area contributed by atoms with Crippen molar-refractivity contribution in [2.45, 2.75) is 19.6 Å². The van der Waals surface area contributed by atoms with E-state index in [-0.39, 0.29) is 5.97 Å². The maximum Gasteiger partial charge on any atom is 0.341 e. The molecule has 1 atom stereocenters. The van der Waals surface area contributed by atoms with Gasteiger partial charge in [-0.15, -0.1) is 0 Å². The number of hydrogen-bond donors (Lipinski definition) is 0. The quantitative estimate of drug-likeness (QED) is 0.677. The van der Waals surface area contributed by atoms with E-state index in [1.807, 2.05) is 30.3 Å². The Morgan fingerprint density at radius 1 is 1.36 bits per heavy atom. The van der Waals surface area contributed by atoms with Crippen LogP contribution in [0.2, 0.25) is 0 Å². The van der Waals surface area contributed by atoms with E-state index in [0.717, 1.165) is 5.56 Å². The number of aryl methyl sites for hydroxylation is 1. The van der Waals surface area contributed by atoms with Gasteiger partial charge >= 0.3 is 5.97 Å². The van der Waals surface area contributed by atoms with Crippen molar-refractivity contribution < 1.29 is 9.53 Å². The van der Waals surface area contributed by atoms with E-state index in [1.165, 1.54) is 17.9 Å². The van der Waals surface area contributed by atoms with Gasteiger partial charge in [-0.3, -0.25) is 0 Å². The minimum absolute atomic E-state index is 0.375. The van der Waals surface area contributed by atoms with E-state index in [4.69, 9.17) is 4.74 Å². The fourth-order valence-corrected chi connectivity index (χ4v) is 2.74. The minimum Gasteiger partial charge on any atom is -0.452 e. The molecule has 0 bridgehead atoms. The number of carbonyl (C=O) groups is 1. The average Bonchev–Trinajstić information content (AvgIpc) is 3.19. The molecule has 0 aliphatic heterocycles. The molecular weight excluding hydrogens is 300 g/mol. The van der Waals surface area contributed by atoms with Crippen LogP contribution in [0.25, 0.3) is 0 Å². The molecule has 0 fully saturated rings. The third kappa shape index (κ3) is 3.20. The summed E-state index contributed by atoms with van der Waals surface area (Å²) in [5.74, 6) is -0.375. The molecule has 3 rings (SSSR count). The van der Waals surface area contributed by atoms with Crippen LogP contribution >= 0.6 is 11.5 Å². The van der Waals surface area contributed by atoms with Crippen LogP contribution in [-0.4, -0.2) is 25.1 Å². The van der Waals surface area contributed by atoms with Gasteiger partial charge in [-0.1, -0.05) is 30.3 Å². The molecule has 1 aromatic carbocycles. The predicted molar refractivity (Wildman–Crippen MR) is 81.5 cm³/mol. The summed E-state index contributed by atoms with van der Waals surface area (Å²) in [5.41, 5.74) is 2.10. The van der Waals surface area contributed by atoms with Gasteiger partial charge in [-0.2, -0.15) is 9.47 Å². The van der Waals surface area contributed by atoms with Crippen LogP contribution in [-0.2, 0) is 11.3 Å². The Morgan fingerprint density at radius 2 is 2.18 bits per heavy atom. The molecular formula is C15H14N4O2S. The van der Waals surface area contributed by atoms with Crippen LogP contribution < -0.4 is 0 Å². The van der Waals surface area contributed by atoms with Gasteiger partial charge < -0.3 is 4.74 Å². The molecule has 0 aliphatic rings. The Bertz CT molecular complexity index is 740. The predicted octanol–water partition coefficient (Wildman–Crippen LogP) is 2.64. The van der Waals surface area contributed by atoms with Crippen molar-refractivity contribution in [3.05, 3.63) is 65.2 Å². The van der Waals surface area contributed by atoms with E-state index in [1.54, 1.807) is 23.3 Å². The van der Waals surface area contributed by atoms with Gasteiger partial charge in [0.2, 0.25) is 0 Å². The molecule has 0 radical (unpaired) electrons. The van der Waals surface area contributed by atoms with Crippen molar-refractivity contribution >= 4 is 17.5 Å². The van der Waals surface area contributed by atoms with Gasteiger partial charge in [0.15, 0.2) is 0 Å². The number of esters is 1. The highest BCUT2D eigenvalue weighted by Gasteiger charge is 2.21. The third-order valence-corrected chi connectivity index (χ3v) is 3.93. The molecule has 0 unspecified atom stereocenters. The number of rotatable bonds is 5. The monoisotopic (exact) mass is 314 g/mol. The summed E-state index contributed by atoms with van der Waals surface area (Å²) in [5, 5.41) is 5.78. The van der Waals surface area contributed by atoms with Crippen molar-refractivity contribution in [3.63, 3.8) is 0 Å². The molecule has 22 heavy (non-hydrogen) atoms. The van der Waals surface area contributed by atoms with Crippen LogP contribution in [0.3, 0.4) is 0 Å². The maximum absolute atomic E-state index is 12.3. The molecule has 2 heterocycles. The van der Waals surface area contributed by atoms with Crippen molar-refractivity contribution in [2.24, 2.45) is 0 Å². The molecule has 0 spiro atoms. The first kappa shape index (κ1) is 14.4. The number of hydrogen-bond acceptors (Lipinski definition) is 6. The first-order chi connectivity index (χ1) is 10.7. The van der Waals surface area contributed by atoms with Crippen molar-refractivity contribution in [1.29, 1.82) is 0 Å². The Labute approximate surface area is 131 Å². The second-order valence-electron chi connectivity index (χ2n) is 4.74. The van der Waals surface area contributed by atoms with Gasteiger partial charge in [0.1, 0.15) is 18.8 Å². The zero-order chi connectivity index (χ0) is 15.4. The van der Waals surface area contributed by atoms with Gasteiger partial charge in [-0.05, 0) is 24.0 Å². The van der Waals surface area contributed by atoms with Gasteiger partial charge in [0.05, 0.1) is 17.8 Å². The molecule has 0 saturated carbocycles. The maximum atomic E-state index is 12.3. The Morgan fingerprint density at radius 3 is 2.82 bits per heavy atom. The van der Waals surface area contributed by atoms with Gasteiger partial charge in [0, 0.05) is 5.38 Å². The van der Waals surface area contributed by atoms with Crippen molar-refractivity contribution in [3.8, 4) is 0 Å². The van der Waals surface area contributed by atoms with E-state index >= 15 is 0 Å². The molecule has 0 saturated heterocycles.